The Morgan fingerprint density at radius 1 is 1.28 bits per heavy atom. The zero-order valence-corrected chi connectivity index (χ0v) is 16.5. The highest BCUT2D eigenvalue weighted by atomic mass is 35.5. The van der Waals surface area contributed by atoms with Gasteiger partial charge in [0.25, 0.3) is 5.91 Å². The number of rotatable bonds is 5. The monoisotopic (exact) mass is 399 g/mol. The van der Waals surface area contributed by atoms with Crippen molar-refractivity contribution in [1.82, 2.24) is 15.6 Å². The first-order valence-corrected chi connectivity index (χ1v) is 8.71. The molecule has 1 aliphatic rings. The van der Waals surface area contributed by atoms with Gasteiger partial charge in [-0.05, 0) is 25.5 Å². The van der Waals surface area contributed by atoms with Gasteiger partial charge in [-0.3, -0.25) is 4.79 Å². The molecule has 1 aromatic heterocycles. The number of carbonyl (C=O) groups is 1. The van der Waals surface area contributed by atoms with Gasteiger partial charge in [0.2, 0.25) is 0 Å². The summed E-state index contributed by atoms with van der Waals surface area (Å²) in [6, 6.07) is 10.2. The molecule has 0 unspecified atom stereocenters. The highest BCUT2D eigenvalue weighted by molar-refractivity contribution is 7.13. The van der Waals surface area contributed by atoms with Gasteiger partial charge in [-0.2, -0.15) is 0 Å². The summed E-state index contributed by atoms with van der Waals surface area (Å²) >= 11 is 1.49. The molecule has 1 aliphatic heterocycles. The van der Waals surface area contributed by atoms with Crippen LogP contribution in [0.4, 0.5) is 0 Å². The predicted octanol–water partition coefficient (Wildman–Crippen LogP) is 3.54. The molecular formula is C18H23Cl2N3OS. The summed E-state index contributed by atoms with van der Waals surface area (Å²) in [7, 11) is 0. The molecule has 0 saturated carbocycles. The Labute approximate surface area is 165 Å². The van der Waals surface area contributed by atoms with Gasteiger partial charge in [0.1, 0.15) is 4.88 Å². The summed E-state index contributed by atoms with van der Waals surface area (Å²) in [6.07, 6.45) is 3.93. The van der Waals surface area contributed by atoms with E-state index < -0.39 is 0 Å². The van der Waals surface area contributed by atoms with Crippen LogP contribution >= 0.6 is 36.2 Å². The first-order valence-electron chi connectivity index (χ1n) is 7.89. The number of nitrogens with one attached hydrogen (secondary N) is 2. The topological polar surface area (TPSA) is 54.0 Å². The minimum absolute atomic E-state index is 0. The molecule has 0 aliphatic carbocycles. The summed E-state index contributed by atoms with van der Waals surface area (Å²) in [6.45, 7) is 4.42. The highest BCUT2D eigenvalue weighted by Gasteiger charge is 2.16. The van der Waals surface area contributed by atoms with Crippen LogP contribution in [-0.4, -0.2) is 30.5 Å². The van der Waals surface area contributed by atoms with E-state index >= 15 is 0 Å². The number of aryl methyl sites for hydroxylation is 1. The standard InChI is InChI=1S/C18H21N3OS.2ClH/c1-13-17(18(22)20-12-15-7-9-19-10-8-15)23-16(21-13)11-14-5-3-2-4-6-14;;/h2-7,19H,8-12H2,1H3,(H,20,22);2*1H. The quantitative estimate of drug-likeness (QED) is 0.755. The molecule has 0 radical (unpaired) electrons. The van der Waals surface area contributed by atoms with Crippen LogP contribution in [0.15, 0.2) is 42.0 Å². The van der Waals surface area contributed by atoms with Gasteiger partial charge in [0.15, 0.2) is 0 Å². The Kier molecular flexibility index (Phi) is 9.14. The van der Waals surface area contributed by atoms with E-state index in [4.69, 9.17) is 0 Å². The van der Waals surface area contributed by atoms with Crippen molar-refractivity contribution in [3.8, 4) is 0 Å². The predicted molar refractivity (Wildman–Crippen MR) is 108 cm³/mol. The number of aromatic nitrogens is 1. The average Bonchev–Trinajstić information content (AvgIpc) is 2.95. The number of halogens is 2. The third kappa shape index (κ3) is 6.12. The van der Waals surface area contributed by atoms with Crippen LogP contribution < -0.4 is 10.6 Å². The van der Waals surface area contributed by atoms with Crippen molar-refractivity contribution in [2.75, 3.05) is 19.6 Å². The van der Waals surface area contributed by atoms with Crippen LogP contribution in [0.1, 0.15) is 32.4 Å². The van der Waals surface area contributed by atoms with E-state index in [2.05, 4.69) is 33.8 Å². The highest BCUT2D eigenvalue weighted by Crippen LogP contribution is 2.21. The molecule has 25 heavy (non-hydrogen) atoms. The minimum atomic E-state index is -0.0151. The number of hydrogen-bond donors (Lipinski definition) is 2. The van der Waals surface area contributed by atoms with E-state index in [9.17, 15) is 4.79 Å². The van der Waals surface area contributed by atoms with Gasteiger partial charge >= 0.3 is 0 Å². The van der Waals surface area contributed by atoms with E-state index in [-0.39, 0.29) is 30.7 Å². The van der Waals surface area contributed by atoms with Gasteiger partial charge in [-0.1, -0.05) is 42.0 Å². The number of amides is 1. The molecule has 1 aromatic carbocycles. The third-order valence-corrected chi connectivity index (χ3v) is 5.04. The fraction of sp³-hybridized carbons (Fsp3) is 0.333. The molecule has 136 valence electrons. The number of thiazole rings is 1. The first kappa shape index (κ1) is 21.6. The van der Waals surface area contributed by atoms with Crippen LogP contribution in [0.5, 0.6) is 0 Å². The molecular weight excluding hydrogens is 377 g/mol. The number of nitrogens with zero attached hydrogens (tertiary/aromatic N) is 1. The van der Waals surface area contributed by atoms with E-state index in [0.29, 0.717) is 6.54 Å². The molecule has 0 atom stereocenters. The zero-order valence-electron chi connectivity index (χ0n) is 14.1. The van der Waals surface area contributed by atoms with Gasteiger partial charge in [0, 0.05) is 19.5 Å². The Morgan fingerprint density at radius 3 is 2.72 bits per heavy atom. The largest absolute Gasteiger partial charge is 0.348 e. The van der Waals surface area contributed by atoms with Crippen molar-refractivity contribution >= 4 is 42.1 Å². The van der Waals surface area contributed by atoms with Gasteiger partial charge in [-0.25, -0.2) is 4.98 Å². The van der Waals surface area contributed by atoms with Crippen molar-refractivity contribution in [1.29, 1.82) is 0 Å². The number of benzene rings is 1. The first-order chi connectivity index (χ1) is 11.2. The summed E-state index contributed by atoms with van der Waals surface area (Å²) in [5.74, 6) is -0.0151. The van der Waals surface area contributed by atoms with Crippen molar-refractivity contribution in [2.45, 2.75) is 19.8 Å². The normalized spacial score (nSPS) is 13.2. The zero-order chi connectivity index (χ0) is 16.1. The smallest absolute Gasteiger partial charge is 0.263 e. The molecule has 4 nitrogen and oxygen atoms in total. The Morgan fingerprint density at radius 2 is 2.04 bits per heavy atom. The van der Waals surface area contributed by atoms with Crippen molar-refractivity contribution < 1.29 is 4.79 Å². The average molecular weight is 400 g/mol. The summed E-state index contributed by atoms with van der Waals surface area (Å²) < 4.78 is 0. The number of carbonyl (C=O) groups excluding carboxylic acids is 1. The molecule has 1 amide bonds. The van der Waals surface area contributed by atoms with E-state index in [1.54, 1.807) is 0 Å². The van der Waals surface area contributed by atoms with Crippen molar-refractivity contribution in [3.05, 3.63) is 63.1 Å². The lowest BCUT2D eigenvalue weighted by atomic mass is 10.1. The second-order valence-electron chi connectivity index (χ2n) is 5.68. The summed E-state index contributed by atoms with van der Waals surface area (Å²) in [5, 5.41) is 7.28. The lowest BCUT2D eigenvalue weighted by Crippen LogP contribution is -2.29. The van der Waals surface area contributed by atoms with Crippen LogP contribution in [0.3, 0.4) is 0 Å². The van der Waals surface area contributed by atoms with Crippen LogP contribution in [-0.2, 0) is 6.42 Å². The molecule has 2 aromatic rings. The van der Waals surface area contributed by atoms with Crippen molar-refractivity contribution in [3.63, 3.8) is 0 Å². The fourth-order valence-corrected chi connectivity index (χ4v) is 3.63. The van der Waals surface area contributed by atoms with Crippen LogP contribution in [0, 0.1) is 6.92 Å². The SMILES string of the molecule is Cc1nc(Cc2ccccc2)sc1C(=O)NCC1=CCNCC1.Cl.Cl. The molecule has 0 fully saturated rings. The summed E-state index contributed by atoms with van der Waals surface area (Å²) in [5.41, 5.74) is 3.33. The molecule has 0 saturated heterocycles. The van der Waals surface area contributed by atoms with Crippen molar-refractivity contribution in [2.24, 2.45) is 0 Å². The molecule has 2 N–H and O–H groups in total. The Bertz CT molecular complexity index is 716. The molecule has 3 rings (SSSR count). The Hall–Kier alpha value is -1.40. The second kappa shape index (κ2) is 10.6. The minimum Gasteiger partial charge on any atom is -0.348 e. The third-order valence-electron chi connectivity index (χ3n) is 3.88. The maximum absolute atomic E-state index is 12.4. The number of hydrogen-bond acceptors (Lipinski definition) is 4. The molecule has 0 spiro atoms. The second-order valence-corrected chi connectivity index (χ2v) is 6.77. The molecule has 7 heteroatoms. The van der Waals surface area contributed by atoms with Gasteiger partial charge < -0.3 is 10.6 Å². The van der Waals surface area contributed by atoms with Crippen LogP contribution in [0.2, 0.25) is 0 Å². The maximum Gasteiger partial charge on any atom is 0.263 e. The summed E-state index contributed by atoms with van der Waals surface area (Å²) in [4.78, 5) is 17.7. The lowest BCUT2D eigenvalue weighted by Gasteiger charge is -2.14. The maximum atomic E-state index is 12.4. The Balaban J connectivity index is 0.00000156. The molecule has 2 heterocycles. The lowest BCUT2D eigenvalue weighted by molar-refractivity contribution is 0.0960. The fourth-order valence-electron chi connectivity index (χ4n) is 2.61. The van der Waals surface area contributed by atoms with E-state index in [1.165, 1.54) is 22.5 Å². The van der Waals surface area contributed by atoms with E-state index in [1.807, 2.05) is 25.1 Å². The molecule has 0 bridgehead atoms. The van der Waals surface area contributed by atoms with Gasteiger partial charge in [-0.15, -0.1) is 36.2 Å². The van der Waals surface area contributed by atoms with Crippen LogP contribution in [0.25, 0.3) is 0 Å². The van der Waals surface area contributed by atoms with E-state index in [0.717, 1.165) is 41.5 Å². The van der Waals surface area contributed by atoms with Gasteiger partial charge in [0.05, 0.1) is 10.7 Å².